The summed E-state index contributed by atoms with van der Waals surface area (Å²) < 4.78 is 2.02. The summed E-state index contributed by atoms with van der Waals surface area (Å²) in [6.07, 6.45) is 6.96. The number of carbonyl (C=O) groups is 2. The Balaban J connectivity index is 1.93. The second-order valence-electron chi connectivity index (χ2n) is 6.70. The summed E-state index contributed by atoms with van der Waals surface area (Å²) in [4.78, 5) is 32.4. The third-order valence-corrected chi connectivity index (χ3v) is 9.81. The molecule has 0 bridgehead atoms. The average Bonchev–Trinajstić information content (AvgIpc) is 3.22. The molecule has 0 aromatic carbocycles. The number of amides is 1. The van der Waals surface area contributed by atoms with E-state index >= 15 is 0 Å². The maximum absolute atomic E-state index is 12.6. The van der Waals surface area contributed by atoms with Gasteiger partial charge in [0.05, 0.1) is 39.3 Å². The Morgan fingerprint density at radius 1 is 1.41 bits per heavy atom. The third-order valence-electron chi connectivity index (χ3n) is 5.35. The smallest absolute Gasteiger partial charge is 0.353 e. The van der Waals surface area contributed by atoms with Gasteiger partial charge in [-0.3, -0.25) is 4.79 Å². The highest BCUT2D eigenvalue weighted by molar-refractivity contribution is 8.46. The fourth-order valence-corrected chi connectivity index (χ4v) is 8.36. The van der Waals surface area contributed by atoms with Crippen LogP contribution in [0.15, 0.2) is 23.2 Å². The SMILES string of the molecule is CSc1ncc2n1cc(C1=C(C(=O)O)N3C(=O)[C@H]([C@@H](C)O)[C@H]3[C@H]1C)[s+]2SC. The van der Waals surface area contributed by atoms with E-state index in [1.165, 1.54) is 16.7 Å². The minimum atomic E-state index is -1.10. The first-order chi connectivity index (χ1) is 12.8. The standard InChI is InChI=1S/C17H19N3O4S3/c1-7-11(9-6-19-10(27(9)26-4)5-18-17(19)25-3)14(16(23)24)20-13(7)12(8(2)21)15(20)22/h5-8,12-13,21H,1-4H3/p+1/t7-,8+,12+,13+,27?/m0/s1. The Kier molecular flexibility index (Phi) is 4.57. The normalized spacial score (nSPS) is 26.6. The van der Waals surface area contributed by atoms with Gasteiger partial charge in [0, 0.05) is 12.2 Å². The Labute approximate surface area is 166 Å². The van der Waals surface area contributed by atoms with Gasteiger partial charge >= 0.3 is 5.97 Å². The van der Waals surface area contributed by atoms with Gasteiger partial charge in [-0.2, -0.15) is 0 Å². The molecule has 144 valence electrons. The van der Waals surface area contributed by atoms with Crippen molar-refractivity contribution in [2.45, 2.75) is 31.1 Å². The zero-order valence-corrected chi connectivity index (χ0v) is 17.7. The van der Waals surface area contributed by atoms with Crippen LogP contribution in [0.4, 0.5) is 0 Å². The molecule has 27 heavy (non-hydrogen) atoms. The first-order valence-electron chi connectivity index (χ1n) is 8.44. The van der Waals surface area contributed by atoms with E-state index in [2.05, 4.69) is 4.98 Å². The lowest BCUT2D eigenvalue weighted by Crippen LogP contribution is -2.63. The van der Waals surface area contributed by atoms with Crippen molar-refractivity contribution < 1.29 is 19.8 Å². The number of nitrogens with zero attached hydrogens (tertiary/aromatic N) is 3. The molecule has 1 fully saturated rings. The summed E-state index contributed by atoms with van der Waals surface area (Å²) in [6, 6.07) is -0.301. The summed E-state index contributed by atoms with van der Waals surface area (Å²) in [5.74, 6) is -2.10. The van der Waals surface area contributed by atoms with E-state index in [4.69, 9.17) is 0 Å². The topological polar surface area (TPSA) is 95.1 Å². The van der Waals surface area contributed by atoms with Crippen molar-refractivity contribution in [3.63, 3.8) is 0 Å². The van der Waals surface area contributed by atoms with Crippen LogP contribution in [-0.2, 0) is 9.59 Å². The van der Waals surface area contributed by atoms with Crippen LogP contribution in [-0.4, -0.2) is 61.0 Å². The lowest BCUT2D eigenvalue weighted by atomic mass is 9.77. The zero-order chi connectivity index (χ0) is 19.6. The van der Waals surface area contributed by atoms with Gasteiger partial charge in [0.25, 0.3) is 4.83 Å². The molecule has 0 aliphatic carbocycles. The molecule has 0 saturated carbocycles. The average molecular weight is 427 g/mol. The molecular formula is C17H20N3O4S3+. The third kappa shape index (κ3) is 2.43. The van der Waals surface area contributed by atoms with Crippen molar-refractivity contribution in [3.8, 4) is 0 Å². The fraction of sp³-hybridized carbons (Fsp3) is 0.471. The highest BCUT2D eigenvalue weighted by Crippen LogP contribution is 2.55. The number of carboxylic acids is 1. The van der Waals surface area contributed by atoms with Crippen molar-refractivity contribution in [1.29, 1.82) is 0 Å². The lowest BCUT2D eigenvalue weighted by Gasteiger charge is -2.46. The number of fused-ring (bicyclic) bond motifs is 2. The summed E-state index contributed by atoms with van der Waals surface area (Å²) in [7, 11) is 1.28. The molecule has 1 unspecified atom stereocenters. The molecule has 2 aromatic heterocycles. The van der Waals surface area contributed by atoms with Crippen molar-refractivity contribution in [2.75, 3.05) is 12.5 Å². The Bertz CT molecular complexity index is 993. The molecule has 0 spiro atoms. The van der Waals surface area contributed by atoms with Gasteiger partial charge in [-0.1, -0.05) is 18.7 Å². The van der Waals surface area contributed by atoms with Gasteiger partial charge < -0.3 is 15.1 Å². The highest BCUT2D eigenvalue weighted by Gasteiger charge is 2.61. The number of rotatable bonds is 5. The van der Waals surface area contributed by atoms with Crippen molar-refractivity contribution in [2.24, 2.45) is 11.8 Å². The fourth-order valence-electron chi connectivity index (χ4n) is 4.25. The second-order valence-corrected chi connectivity index (χ2v) is 11.2. The maximum Gasteiger partial charge on any atom is 0.353 e. The number of aliphatic carboxylic acids is 1. The number of β-lactam (4-membered cyclic amide) rings is 1. The first kappa shape index (κ1) is 18.9. The predicted molar refractivity (Wildman–Crippen MR) is 108 cm³/mol. The van der Waals surface area contributed by atoms with Crippen LogP contribution in [0.2, 0.25) is 0 Å². The number of imidazole rings is 1. The van der Waals surface area contributed by atoms with E-state index < -0.39 is 18.0 Å². The predicted octanol–water partition coefficient (Wildman–Crippen LogP) is 2.58. The number of aliphatic hydroxyl groups is 1. The zero-order valence-electron chi connectivity index (χ0n) is 15.2. The van der Waals surface area contributed by atoms with Gasteiger partial charge in [0.2, 0.25) is 10.8 Å². The number of hydrogen-bond acceptors (Lipinski definition) is 6. The minimum absolute atomic E-state index is 0.0663. The van der Waals surface area contributed by atoms with Gasteiger partial charge in [-0.25, -0.2) is 14.2 Å². The quantitative estimate of drug-likeness (QED) is 0.328. The molecule has 2 aliphatic heterocycles. The van der Waals surface area contributed by atoms with Crippen LogP contribution >= 0.6 is 32.1 Å². The maximum atomic E-state index is 12.6. The molecule has 2 aliphatic rings. The Morgan fingerprint density at radius 2 is 2.11 bits per heavy atom. The van der Waals surface area contributed by atoms with Crippen molar-refractivity contribution >= 4 is 54.3 Å². The number of carbonyl (C=O) groups excluding carboxylic acids is 1. The molecule has 2 aromatic rings. The van der Waals surface area contributed by atoms with Gasteiger partial charge in [0.15, 0.2) is 5.16 Å². The molecular weight excluding hydrogens is 406 g/mol. The van der Waals surface area contributed by atoms with Crippen molar-refractivity contribution in [1.82, 2.24) is 14.3 Å². The van der Waals surface area contributed by atoms with E-state index in [0.717, 1.165) is 14.9 Å². The number of aliphatic hydroxyl groups excluding tert-OH is 1. The van der Waals surface area contributed by atoms with Crippen LogP contribution in [0.25, 0.3) is 10.4 Å². The number of aromatic nitrogens is 2. The molecule has 4 heterocycles. The lowest BCUT2D eigenvalue weighted by molar-refractivity contribution is -0.163. The molecule has 10 heteroatoms. The van der Waals surface area contributed by atoms with E-state index in [0.29, 0.717) is 5.57 Å². The van der Waals surface area contributed by atoms with E-state index in [1.54, 1.807) is 17.7 Å². The van der Waals surface area contributed by atoms with Gasteiger partial charge in [0.1, 0.15) is 22.7 Å². The summed E-state index contributed by atoms with van der Waals surface area (Å²) >= 11 is 1.54. The second kappa shape index (κ2) is 6.54. The molecule has 5 atom stereocenters. The van der Waals surface area contributed by atoms with Crippen LogP contribution in [0.1, 0.15) is 18.7 Å². The Morgan fingerprint density at radius 3 is 2.67 bits per heavy atom. The molecule has 0 radical (unpaired) electrons. The minimum Gasteiger partial charge on any atom is -0.477 e. The number of thioether (sulfide) groups is 1. The summed E-state index contributed by atoms with van der Waals surface area (Å²) in [6.45, 7) is 3.54. The Hall–Kier alpha value is -1.49. The number of thiazole rings is 1. The van der Waals surface area contributed by atoms with E-state index in [-0.39, 0.29) is 33.1 Å². The molecule has 4 rings (SSSR count). The monoisotopic (exact) mass is 426 g/mol. The summed E-state index contributed by atoms with van der Waals surface area (Å²) in [5, 5.41) is 20.8. The highest BCUT2D eigenvalue weighted by atomic mass is 33.1. The van der Waals surface area contributed by atoms with E-state index in [1.807, 2.05) is 36.2 Å². The largest absolute Gasteiger partial charge is 0.477 e. The van der Waals surface area contributed by atoms with Crippen molar-refractivity contribution in [3.05, 3.63) is 23.0 Å². The number of hydrogen-bond donors (Lipinski definition) is 2. The van der Waals surface area contributed by atoms with Crippen LogP contribution < -0.4 is 0 Å². The van der Waals surface area contributed by atoms with Crippen LogP contribution in [0.3, 0.4) is 0 Å². The molecule has 1 saturated heterocycles. The van der Waals surface area contributed by atoms with E-state index in [9.17, 15) is 19.8 Å². The summed E-state index contributed by atoms with van der Waals surface area (Å²) in [5.41, 5.74) is 0.772. The van der Waals surface area contributed by atoms with Crippen LogP contribution in [0.5, 0.6) is 0 Å². The van der Waals surface area contributed by atoms with Crippen LogP contribution in [0, 0.1) is 11.8 Å². The number of carboxylic acid groups (broad SMARTS) is 1. The van der Waals surface area contributed by atoms with Gasteiger partial charge in [-0.15, -0.1) is 0 Å². The molecule has 2 N–H and O–H groups in total. The van der Waals surface area contributed by atoms with Gasteiger partial charge in [-0.05, 0) is 13.2 Å². The molecule has 7 nitrogen and oxygen atoms in total. The molecule has 1 amide bonds. The first-order valence-corrected chi connectivity index (χ1v) is 12.6.